The zero-order valence-corrected chi connectivity index (χ0v) is 11.4. The van der Waals surface area contributed by atoms with Crippen molar-refractivity contribution < 1.29 is 9.90 Å². The van der Waals surface area contributed by atoms with Gasteiger partial charge in [-0.15, -0.1) is 11.3 Å². The minimum absolute atomic E-state index is 0.334. The second kappa shape index (κ2) is 5.61. The molecular formula is C12H9Cl2NO2S. The second-order valence-electron chi connectivity index (χ2n) is 3.56. The Morgan fingerprint density at radius 2 is 2.11 bits per heavy atom. The number of rotatable bonds is 4. The first-order valence-electron chi connectivity index (χ1n) is 5.06. The SMILES string of the molecule is O=C(O)c1sccc1CNc1cc(Cl)ccc1Cl. The molecule has 0 aliphatic rings. The maximum atomic E-state index is 11.0. The fourth-order valence-electron chi connectivity index (χ4n) is 1.49. The Morgan fingerprint density at radius 3 is 2.83 bits per heavy atom. The Kier molecular flexibility index (Phi) is 4.11. The van der Waals surface area contributed by atoms with Gasteiger partial charge in [-0.25, -0.2) is 4.79 Å². The van der Waals surface area contributed by atoms with E-state index >= 15 is 0 Å². The standard InChI is InChI=1S/C12H9Cl2NO2S/c13-8-1-2-9(14)10(5-8)15-6-7-3-4-18-11(7)12(16)17/h1-5,15H,6H2,(H,16,17). The number of carbonyl (C=O) groups is 1. The molecular weight excluding hydrogens is 293 g/mol. The molecule has 0 aliphatic carbocycles. The highest BCUT2D eigenvalue weighted by molar-refractivity contribution is 7.12. The number of carboxylic acids is 1. The van der Waals surface area contributed by atoms with Crippen molar-refractivity contribution in [1.29, 1.82) is 0 Å². The highest BCUT2D eigenvalue weighted by Crippen LogP contribution is 2.26. The molecule has 2 N–H and O–H groups in total. The van der Waals surface area contributed by atoms with Crippen LogP contribution in [0.4, 0.5) is 5.69 Å². The maximum absolute atomic E-state index is 11.0. The molecule has 0 saturated heterocycles. The van der Waals surface area contributed by atoms with E-state index in [-0.39, 0.29) is 0 Å². The summed E-state index contributed by atoms with van der Waals surface area (Å²) in [5.74, 6) is -0.918. The van der Waals surface area contributed by atoms with Crippen molar-refractivity contribution in [3.63, 3.8) is 0 Å². The van der Waals surface area contributed by atoms with Crippen molar-refractivity contribution in [2.24, 2.45) is 0 Å². The zero-order valence-electron chi connectivity index (χ0n) is 9.11. The minimum atomic E-state index is -0.918. The van der Waals surface area contributed by atoms with E-state index in [0.29, 0.717) is 27.2 Å². The number of halogens is 2. The van der Waals surface area contributed by atoms with Crippen molar-refractivity contribution in [2.75, 3.05) is 5.32 Å². The van der Waals surface area contributed by atoms with Crippen LogP contribution in [-0.2, 0) is 6.54 Å². The average Bonchev–Trinajstić information content (AvgIpc) is 2.79. The lowest BCUT2D eigenvalue weighted by Gasteiger charge is -2.08. The normalized spacial score (nSPS) is 10.3. The van der Waals surface area contributed by atoms with E-state index in [4.69, 9.17) is 28.3 Å². The van der Waals surface area contributed by atoms with Crippen LogP contribution < -0.4 is 5.32 Å². The van der Waals surface area contributed by atoms with E-state index < -0.39 is 5.97 Å². The molecule has 0 saturated carbocycles. The van der Waals surface area contributed by atoms with Gasteiger partial charge in [0, 0.05) is 11.6 Å². The Balaban J connectivity index is 2.14. The molecule has 0 aliphatic heterocycles. The third-order valence-electron chi connectivity index (χ3n) is 2.34. The molecule has 1 heterocycles. The molecule has 6 heteroatoms. The highest BCUT2D eigenvalue weighted by Gasteiger charge is 2.11. The van der Waals surface area contributed by atoms with Crippen LogP contribution in [0.5, 0.6) is 0 Å². The van der Waals surface area contributed by atoms with Gasteiger partial charge in [0.05, 0.1) is 10.7 Å². The molecule has 2 aromatic rings. The Labute approximate surface area is 118 Å². The summed E-state index contributed by atoms with van der Waals surface area (Å²) in [4.78, 5) is 11.3. The molecule has 18 heavy (non-hydrogen) atoms. The predicted molar refractivity (Wildman–Crippen MR) is 75.1 cm³/mol. The lowest BCUT2D eigenvalue weighted by molar-refractivity contribution is 0.0701. The van der Waals surface area contributed by atoms with Crippen LogP contribution in [-0.4, -0.2) is 11.1 Å². The number of thiophene rings is 1. The van der Waals surface area contributed by atoms with Crippen LogP contribution in [0.3, 0.4) is 0 Å². The van der Waals surface area contributed by atoms with Gasteiger partial charge in [-0.3, -0.25) is 0 Å². The summed E-state index contributed by atoms with van der Waals surface area (Å²) >= 11 is 13.1. The monoisotopic (exact) mass is 301 g/mol. The zero-order chi connectivity index (χ0) is 13.1. The fourth-order valence-corrected chi connectivity index (χ4v) is 2.60. The third-order valence-corrected chi connectivity index (χ3v) is 3.85. The molecule has 0 atom stereocenters. The van der Waals surface area contributed by atoms with E-state index in [1.165, 1.54) is 11.3 Å². The van der Waals surface area contributed by atoms with Gasteiger partial charge in [0.2, 0.25) is 0 Å². The summed E-state index contributed by atoms with van der Waals surface area (Å²) in [6, 6.07) is 6.87. The fraction of sp³-hybridized carbons (Fsp3) is 0.0833. The first-order chi connectivity index (χ1) is 8.58. The smallest absolute Gasteiger partial charge is 0.346 e. The Morgan fingerprint density at radius 1 is 1.33 bits per heavy atom. The van der Waals surface area contributed by atoms with Gasteiger partial charge in [0.25, 0.3) is 0 Å². The van der Waals surface area contributed by atoms with Crippen LogP contribution >= 0.6 is 34.5 Å². The third kappa shape index (κ3) is 2.96. The summed E-state index contributed by atoms with van der Waals surface area (Å²) in [6.45, 7) is 0.394. The molecule has 0 bridgehead atoms. The summed E-state index contributed by atoms with van der Waals surface area (Å²) in [6.07, 6.45) is 0. The molecule has 0 unspecified atom stereocenters. The number of benzene rings is 1. The van der Waals surface area contributed by atoms with Crippen molar-refractivity contribution in [1.82, 2.24) is 0 Å². The van der Waals surface area contributed by atoms with Gasteiger partial charge < -0.3 is 10.4 Å². The van der Waals surface area contributed by atoms with Gasteiger partial charge in [-0.1, -0.05) is 23.2 Å². The van der Waals surface area contributed by atoms with Gasteiger partial charge >= 0.3 is 5.97 Å². The van der Waals surface area contributed by atoms with Crippen molar-refractivity contribution in [2.45, 2.75) is 6.54 Å². The Bertz CT molecular complexity index is 583. The van der Waals surface area contributed by atoms with Crippen LogP contribution in [0.15, 0.2) is 29.6 Å². The number of anilines is 1. The number of nitrogens with one attached hydrogen (secondary N) is 1. The van der Waals surface area contributed by atoms with E-state index in [1.807, 2.05) is 0 Å². The van der Waals surface area contributed by atoms with Crippen molar-refractivity contribution >= 4 is 46.2 Å². The van der Waals surface area contributed by atoms with Crippen LogP contribution in [0.2, 0.25) is 10.0 Å². The largest absolute Gasteiger partial charge is 0.477 e. The number of hydrogen-bond donors (Lipinski definition) is 2. The van der Waals surface area contributed by atoms with Crippen molar-refractivity contribution in [3.05, 3.63) is 50.1 Å². The van der Waals surface area contributed by atoms with Crippen LogP contribution in [0.25, 0.3) is 0 Å². The molecule has 0 spiro atoms. The van der Waals surface area contributed by atoms with Crippen molar-refractivity contribution in [3.8, 4) is 0 Å². The molecule has 94 valence electrons. The van der Waals surface area contributed by atoms with Gasteiger partial charge in [-0.05, 0) is 35.2 Å². The molecule has 2 rings (SSSR count). The molecule has 1 aromatic heterocycles. The highest BCUT2D eigenvalue weighted by atomic mass is 35.5. The predicted octanol–water partition coefficient (Wildman–Crippen LogP) is 4.37. The number of hydrogen-bond acceptors (Lipinski definition) is 3. The topological polar surface area (TPSA) is 49.3 Å². The van der Waals surface area contributed by atoms with E-state index in [1.54, 1.807) is 29.6 Å². The van der Waals surface area contributed by atoms with E-state index in [9.17, 15) is 4.79 Å². The molecule has 0 radical (unpaired) electrons. The summed E-state index contributed by atoms with van der Waals surface area (Å²) in [5.41, 5.74) is 1.41. The first-order valence-corrected chi connectivity index (χ1v) is 6.70. The second-order valence-corrected chi connectivity index (χ2v) is 5.32. The van der Waals surface area contributed by atoms with Gasteiger partial charge in [-0.2, -0.15) is 0 Å². The number of carboxylic acid groups (broad SMARTS) is 1. The summed E-state index contributed by atoms with van der Waals surface area (Å²) < 4.78 is 0. The van der Waals surface area contributed by atoms with Crippen LogP contribution in [0, 0.1) is 0 Å². The Hall–Kier alpha value is -1.23. The molecule has 0 amide bonds. The quantitative estimate of drug-likeness (QED) is 0.882. The van der Waals surface area contributed by atoms with Gasteiger partial charge in [0.1, 0.15) is 4.88 Å². The molecule has 1 aromatic carbocycles. The maximum Gasteiger partial charge on any atom is 0.346 e. The lowest BCUT2D eigenvalue weighted by Crippen LogP contribution is -2.04. The average molecular weight is 302 g/mol. The first kappa shape index (κ1) is 13.2. The van der Waals surface area contributed by atoms with E-state index in [2.05, 4.69) is 5.32 Å². The van der Waals surface area contributed by atoms with Gasteiger partial charge in [0.15, 0.2) is 0 Å². The molecule has 0 fully saturated rings. The minimum Gasteiger partial charge on any atom is -0.477 e. The van der Waals surface area contributed by atoms with Crippen LogP contribution in [0.1, 0.15) is 15.2 Å². The summed E-state index contributed by atoms with van der Waals surface area (Å²) in [7, 11) is 0. The number of aromatic carboxylic acids is 1. The molecule has 3 nitrogen and oxygen atoms in total. The van der Waals surface area contributed by atoms with E-state index in [0.717, 1.165) is 5.56 Å². The summed E-state index contributed by atoms with van der Waals surface area (Å²) in [5, 5.41) is 14.9. The lowest BCUT2D eigenvalue weighted by atomic mass is 10.2.